The molecular formula is C18H14ClF2N5O2. The van der Waals surface area contributed by atoms with E-state index in [4.69, 9.17) is 11.6 Å². The molecule has 0 saturated carbocycles. The fourth-order valence-corrected chi connectivity index (χ4v) is 2.58. The predicted octanol–water partition coefficient (Wildman–Crippen LogP) is 3.41. The van der Waals surface area contributed by atoms with Crippen LogP contribution in [0.2, 0.25) is 5.02 Å². The van der Waals surface area contributed by atoms with Crippen LogP contribution in [0.15, 0.2) is 42.5 Å². The van der Waals surface area contributed by atoms with Gasteiger partial charge >= 0.3 is 0 Å². The number of carbonyl (C=O) groups is 2. The first-order valence-electron chi connectivity index (χ1n) is 8.05. The number of amides is 2. The SMILES string of the molecule is Cc1c(C(=O)Nc2ccc(F)c(F)c2)nnn1CC(=O)Nc1cccc(Cl)c1. The molecule has 0 atom stereocenters. The van der Waals surface area contributed by atoms with Gasteiger partial charge in [0.05, 0.1) is 5.69 Å². The third kappa shape index (κ3) is 4.49. The summed E-state index contributed by atoms with van der Waals surface area (Å²) in [7, 11) is 0. The fourth-order valence-electron chi connectivity index (χ4n) is 2.39. The van der Waals surface area contributed by atoms with E-state index in [0.717, 1.165) is 12.1 Å². The number of hydrogen-bond donors (Lipinski definition) is 2. The summed E-state index contributed by atoms with van der Waals surface area (Å²) in [4.78, 5) is 24.5. The molecule has 0 fully saturated rings. The van der Waals surface area contributed by atoms with Crippen LogP contribution in [0.3, 0.4) is 0 Å². The van der Waals surface area contributed by atoms with Crippen molar-refractivity contribution < 1.29 is 18.4 Å². The molecule has 0 aliphatic heterocycles. The number of nitrogens with one attached hydrogen (secondary N) is 2. The molecule has 1 aromatic heterocycles. The number of rotatable bonds is 5. The van der Waals surface area contributed by atoms with E-state index < -0.39 is 17.5 Å². The number of halogens is 3. The molecule has 7 nitrogen and oxygen atoms in total. The average Bonchev–Trinajstić information content (AvgIpc) is 2.99. The first-order valence-corrected chi connectivity index (χ1v) is 8.43. The second kappa shape index (κ2) is 8.13. The Balaban J connectivity index is 1.68. The van der Waals surface area contributed by atoms with Crippen LogP contribution >= 0.6 is 11.6 Å². The summed E-state index contributed by atoms with van der Waals surface area (Å²) in [6.45, 7) is 1.39. The third-order valence-corrected chi connectivity index (χ3v) is 4.01. The van der Waals surface area contributed by atoms with Gasteiger partial charge in [-0.05, 0) is 37.3 Å². The molecule has 2 N–H and O–H groups in total. The lowest BCUT2D eigenvalue weighted by molar-refractivity contribution is -0.117. The van der Waals surface area contributed by atoms with Gasteiger partial charge in [0.2, 0.25) is 5.91 Å². The lowest BCUT2D eigenvalue weighted by atomic mass is 10.2. The molecule has 0 spiro atoms. The third-order valence-electron chi connectivity index (χ3n) is 3.78. The first-order chi connectivity index (χ1) is 13.3. The van der Waals surface area contributed by atoms with Gasteiger partial charge in [0.25, 0.3) is 5.91 Å². The second-order valence-corrected chi connectivity index (χ2v) is 6.26. The molecule has 0 aliphatic carbocycles. The summed E-state index contributed by atoms with van der Waals surface area (Å²) in [5.74, 6) is -3.16. The molecule has 144 valence electrons. The van der Waals surface area contributed by atoms with E-state index >= 15 is 0 Å². The Kier molecular flexibility index (Phi) is 5.65. The highest BCUT2D eigenvalue weighted by molar-refractivity contribution is 6.30. The van der Waals surface area contributed by atoms with Crippen molar-refractivity contribution in [2.24, 2.45) is 0 Å². The lowest BCUT2D eigenvalue weighted by Gasteiger charge is -2.07. The molecule has 10 heteroatoms. The van der Waals surface area contributed by atoms with Crippen molar-refractivity contribution in [1.29, 1.82) is 0 Å². The Morgan fingerprint density at radius 3 is 2.54 bits per heavy atom. The number of hydrogen-bond acceptors (Lipinski definition) is 4. The van der Waals surface area contributed by atoms with E-state index in [1.807, 2.05) is 0 Å². The van der Waals surface area contributed by atoms with Crippen LogP contribution in [0, 0.1) is 18.6 Å². The Labute approximate surface area is 163 Å². The number of benzene rings is 2. The summed E-state index contributed by atoms with van der Waals surface area (Å²) in [6.07, 6.45) is 0. The Hall–Kier alpha value is -3.33. The van der Waals surface area contributed by atoms with Gasteiger partial charge in [0.15, 0.2) is 17.3 Å². The second-order valence-electron chi connectivity index (χ2n) is 5.82. The fraction of sp³-hybridized carbons (Fsp3) is 0.111. The molecule has 0 bridgehead atoms. The first kappa shape index (κ1) is 19.4. The molecule has 3 aromatic rings. The maximum absolute atomic E-state index is 13.3. The Morgan fingerprint density at radius 1 is 1.07 bits per heavy atom. The number of carbonyl (C=O) groups excluding carboxylic acids is 2. The molecule has 0 aliphatic rings. The molecule has 2 aromatic carbocycles. The van der Waals surface area contributed by atoms with Gasteiger partial charge < -0.3 is 10.6 Å². The zero-order chi connectivity index (χ0) is 20.3. The minimum absolute atomic E-state index is 0.0414. The molecule has 1 heterocycles. The number of anilines is 2. The van der Waals surface area contributed by atoms with Crippen molar-refractivity contribution in [2.75, 3.05) is 10.6 Å². The van der Waals surface area contributed by atoms with E-state index in [1.54, 1.807) is 31.2 Å². The number of aromatic nitrogens is 3. The predicted molar refractivity (Wildman–Crippen MR) is 99.2 cm³/mol. The summed E-state index contributed by atoms with van der Waals surface area (Å²) in [5.41, 5.74) is 0.879. The molecule has 0 saturated heterocycles. The van der Waals surface area contributed by atoms with Gasteiger partial charge in [-0.3, -0.25) is 9.59 Å². The summed E-state index contributed by atoms with van der Waals surface area (Å²) in [5, 5.41) is 13.1. The van der Waals surface area contributed by atoms with Crippen LogP contribution in [0.25, 0.3) is 0 Å². The van der Waals surface area contributed by atoms with Crippen molar-refractivity contribution in [1.82, 2.24) is 15.0 Å². The van der Waals surface area contributed by atoms with Crippen LogP contribution < -0.4 is 10.6 Å². The topological polar surface area (TPSA) is 88.9 Å². The van der Waals surface area contributed by atoms with Gasteiger partial charge in [0.1, 0.15) is 6.54 Å². The van der Waals surface area contributed by atoms with E-state index in [-0.39, 0.29) is 23.8 Å². The van der Waals surface area contributed by atoms with Crippen LogP contribution in [0.5, 0.6) is 0 Å². The van der Waals surface area contributed by atoms with Gasteiger partial charge in [-0.2, -0.15) is 0 Å². The molecule has 28 heavy (non-hydrogen) atoms. The molecule has 0 radical (unpaired) electrons. The lowest BCUT2D eigenvalue weighted by Crippen LogP contribution is -2.21. The van der Waals surface area contributed by atoms with E-state index in [1.165, 1.54) is 10.7 Å². The van der Waals surface area contributed by atoms with Crippen LogP contribution in [-0.2, 0) is 11.3 Å². The summed E-state index contributed by atoms with van der Waals surface area (Å²) >= 11 is 5.87. The Bertz CT molecular complexity index is 1050. The highest BCUT2D eigenvalue weighted by Crippen LogP contribution is 2.16. The van der Waals surface area contributed by atoms with Crippen LogP contribution in [0.4, 0.5) is 20.2 Å². The van der Waals surface area contributed by atoms with E-state index in [2.05, 4.69) is 20.9 Å². The number of nitrogens with zero attached hydrogens (tertiary/aromatic N) is 3. The summed E-state index contributed by atoms with van der Waals surface area (Å²) < 4.78 is 27.5. The molecule has 2 amide bonds. The van der Waals surface area contributed by atoms with E-state index in [0.29, 0.717) is 16.4 Å². The molecular weight excluding hydrogens is 392 g/mol. The summed E-state index contributed by atoms with van der Waals surface area (Å²) in [6, 6.07) is 9.61. The van der Waals surface area contributed by atoms with Crippen LogP contribution in [0.1, 0.15) is 16.2 Å². The largest absolute Gasteiger partial charge is 0.324 e. The zero-order valence-electron chi connectivity index (χ0n) is 14.5. The van der Waals surface area contributed by atoms with Crippen molar-refractivity contribution in [2.45, 2.75) is 13.5 Å². The quantitative estimate of drug-likeness (QED) is 0.680. The van der Waals surface area contributed by atoms with Crippen molar-refractivity contribution in [3.05, 3.63) is 70.5 Å². The highest BCUT2D eigenvalue weighted by Gasteiger charge is 2.18. The van der Waals surface area contributed by atoms with Gasteiger partial charge in [0, 0.05) is 22.5 Å². The van der Waals surface area contributed by atoms with Gasteiger partial charge in [-0.25, -0.2) is 13.5 Å². The standard InChI is InChI=1S/C18H14ClF2N5O2/c1-10-17(18(28)23-13-5-6-14(20)15(21)8-13)24-25-26(10)9-16(27)22-12-4-2-3-11(19)7-12/h2-8H,9H2,1H3,(H,22,27)(H,23,28). The Morgan fingerprint density at radius 2 is 1.82 bits per heavy atom. The highest BCUT2D eigenvalue weighted by atomic mass is 35.5. The minimum atomic E-state index is -1.09. The van der Waals surface area contributed by atoms with Crippen molar-refractivity contribution in [3.8, 4) is 0 Å². The van der Waals surface area contributed by atoms with Gasteiger partial charge in [-0.15, -0.1) is 5.10 Å². The van der Waals surface area contributed by atoms with E-state index in [9.17, 15) is 18.4 Å². The van der Waals surface area contributed by atoms with Gasteiger partial charge in [-0.1, -0.05) is 22.9 Å². The maximum Gasteiger partial charge on any atom is 0.278 e. The van der Waals surface area contributed by atoms with Crippen LogP contribution in [-0.4, -0.2) is 26.8 Å². The average molecular weight is 406 g/mol. The minimum Gasteiger partial charge on any atom is -0.324 e. The normalized spacial score (nSPS) is 10.6. The molecule has 3 rings (SSSR count). The molecule has 0 unspecified atom stereocenters. The smallest absolute Gasteiger partial charge is 0.278 e. The van der Waals surface area contributed by atoms with Crippen molar-refractivity contribution >= 4 is 34.8 Å². The van der Waals surface area contributed by atoms with Crippen molar-refractivity contribution in [3.63, 3.8) is 0 Å². The monoisotopic (exact) mass is 405 g/mol. The zero-order valence-corrected chi connectivity index (χ0v) is 15.3. The maximum atomic E-state index is 13.3.